The number of thiazole rings is 1. The highest BCUT2D eigenvalue weighted by Crippen LogP contribution is 2.41. The Morgan fingerprint density at radius 1 is 1.35 bits per heavy atom. The number of hydrogen-bond donors (Lipinski definition) is 0. The lowest BCUT2D eigenvalue weighted by molar-refractivity contribution is -0.133. The Morgan fingerprint density at radius 3 is 2.39 bits per heavy atom. The highest BCUT2D eigenvalue weighted by atomic mass is 35.6. The molecule has 0 aliphatic rings. The van der Waals surface area contributed by atoms with Gasteiger partial charge in [-0.3, -0.25) is 4.79 Å². The monoisotopic (exact) mass is 438 g/mol. The van der Waals surface area contributed by atoms with E-state index in [-0.39, 0.29) is 30.2 Å². The van der Waals surface area contributed by atoms with E-state index in [0.29, 0.717) is 6.42 Å². The van der Waals surface area contributed by atoms with E-state index in [9.17, 15) is 4.79 Å². The van der Waals surface area contributed by atoms with Crippen LogP contribution in [0.3, 0.4) is 0 Å². The SMILES string of the molecule is C[C@@H](CC(=O)N(C)[C@@H](C[C@H](C)C(Cl)(Cl)Cl)c1nccs1)C(Cl)Cl. The number of carbonyl (C=O) groups is 1. The molecule has 0 saturated carbocycles. The molecule has 9 heteroatoms. The molecule has 1 heterocycles. The van der Waals surface area contributed by atoms with Crippen molar-refractivity contribution in [1.82, 2.24) is 9.88 Å². The molecule has 0 radical (unpaired) electrons. The summed E-state index contributed by atoms with van der Waals surface area (Å²) in [4.78, 5) is 17.9. The number of alkyl halides is 5. The fraction of sp³-hybridized carbons (Fsp3) is 0.714. The normalized spacial score (nSPS) is 16.2. The van der Waals surface area contributed by atoms with E-state index < -0.39 is 8.63 Å². The third-order valence-electron chi connectivity index (χ3n) is 3.66. The van der Waals surface area contributed by atoms with E-state index in [1.54, 1.807) is 18.1 Å². The molecule has 0 bridgehead atoms. The van der Waals surface area contributed by atoms with Crippen molar-refractivity contribution >= 4 is 75.2 Å². The molecule has 3 nitrogen and oxygen atoms in total. The molecule has 0 aromatic carbocycles. The minimum absolute atomic E-state index is 0.0690. The van der Waals surface area contributed by atoms with Crippen LogP contribution in [0.1, 0.15) is 37.7 Å². The summed E-state index contributed by atoms with van der Waals surface area (Å²) < 4.78 is -1.40. The van der Waals surface area contributed by atoms with E-state index >= 15 is 0 Å². The van der Waals surface area contributed by atoms with Crippen LogP contribution in [0.15, 0.2) is 11.6 Å². The third-order valence-corrected chi connectivity index (χ3v) is 6.51. The summed E-state index contributed by atoms with van der Waals surface area (Å²) in [5, 5.41) is 2.67. The summed E-state index contributed by atoms with van der Waals surface area (Å²) >= 11 is 31.1. The van der Waals surface area contributed by atoms with Crippen LogP contribution in [0, 0.1) is 11.8 Å². The summed E-state index contributed by atoms with van der Waals surface area (Å²) in [6.07, 6.45) is 2.44. The highest BCUT2D eigenvalue weighted by Gasteiger charge is 2.34. The van der Waals surface area contributed by atoms with Crippen LogP contribution in [0.25, 0.3) is 0 Å². The Labute approximate surface area is 166 Å². The van der Waals surface area contributed by atoms with Crippen molar-refractivity contribution in [2.75, 3.05) is 7.05 Å². The van der Waals surface area contributed by atoms with Gasteiger partial charge in [-0.05, 0) is 12.3 Å². The van der Waals surface area contributed by atoms with Gasteiger partial charge in [-0.2, -0.15) is 0 Å². The number of carbonyl (C=O) groups excluding carboxylic acids is 1. The Bertz CT molecular complexity index is 492. The van der Waals surface area contributed by atoms with Gasteiger partial charge in [0.25, 0.3) is 0 Å². The first-order chi connectivity index (χ1) is 10.5. The van der Waals surface area contributed by atoms with Gasteiger partial charge in [0.05, 0.1) is 6.04 Å². The number of halogens is 5. The number of nitrogens with zero attached hydrogens (tertiary/aromatic N) is 2. The molecule has 1 rings (SSSR count). The largest absolute Gasteiger partial charge is 0.336 e. The smallest absolute Gasteiger partial charge is 0.223 e. The quantitative estimate of drug-likeness (QED) is 0.497. The van der Waals surface area contributed by atoms with Crippen LogP contribution in [-0.4, -0.2) is 31.5 Å². The van der Waals surface area contributed by atoms with Gasteiger partial charge in [0, 0.05) is 31.0 Å². The molecule has 0 unspecified atom stereocenters. The molecule has 23 heavy (non-hydrogen) atoms. The third kappa shape index (κ3) is 6.75. The van der Waals surface area contributed by atoms with Crippen molar-refractivity contribution < 1.29 is 4.79 Å². The van der Waals surface area contributed by atoms with Crippen LogP contribution in [0.2, 0.25) is 0 Å². The van der Waals surface area contributed by atoms with Gasteiger partial charge < -0.3 is 4.90 Å². The number of hydrogen-bond acceptors (Lipinski definition) is 3. The van der Waals surface area contributed by atoms with Gasteiger partial charge in [-0.15, -0.1) is 34.5 Å². The maximum Gasteiger partial charge on any atom is 0.223 e. The molecular formula is C14H19Cl5N2OS. The zero-order valence-electron chi connectivity index (χ0n) is 13.0. The predicted octanol–water partition coefficient (Wildman–Crippen LogP) is 5.87. The summed E-state index contributed by atoms with van der Waals surface area (Å²) in [5.74, 6) is -0.459. The predicted molar refractivity (Wildman–Crippen MR) is 101 cm³/mol. The van der Waals surface area contributed by atoms with E-state index in [0.717, 1.165) is 5.01 Å². The van der Waals surface area contributed by atoms with Crippen LogP contribution in [0.5, 0.6) is 0 Å². The van der Waals surface area contributed by atoms with Gasteiger partial charge in [0.2, 0.25) is 5.91 Å². The van der Waals surface area contributed by atoms with Gasteiger partial charge in [-0.1, -0.05) is 48.7 Å². The van der Waals surface area contributed by atoms with Crippen molar-refractivity contribution in [3.8, 4) is 0 Å². The molecule has 0 aliphatic carbocycles. The molecule has 3 atom stereocenters. The van der Waals surface area contributed by atoms with Gasteiger partial charge >= 0.3 is 0 Å². The van der Waals surface area contributed by atoms with E-state index in [4.69, 9.17) is 58.0 Å². The lowest BCUT2D eigenvalue weighted by Gasteiger charge is -2.31. The second-order valence-electron chi connectivity index (χ2n) is 5.59. The fourth-order valence-corrected chi connectivity index (χ4v) is 3.21. The van der Waals surface area contributed by atoms with Crippen molar-refractivity contribution in [2.24, 2.45) is 11.8 Å². The number of aromatic nitrogens is 1. The van der Waals surface area contributed by atoms with Crippen LogP contribution < -0.4 is 0 Å². The van der Waals surface area contributed by atoms with Crippen LogP contribution in [-0.2, 0) is 4.79 Å². The first-order valence-corrected chi connectivity index (χ1v) is 9.92. The zero-order valence-corrected chi connectivity index (χ0v) is 17.6. The molecule has 1 aromatic rings. The highest BCUT2D eigenvalue weighted by molar-refractivity contribution is 7.09. The summed E-state index contributed by atoms with van der Waals surface area (Å²) in [6, 6.07) is -0.260. The minimum atomic E-state index is -1.40. The van der Waals surface area contributed by atoms with Gasteiger partial charge in [0.1, 0.15) is 9.84 Å². The van der Waals surface area contributed by atoms with Crippen LogP contribution in [0.4, 0.5) is 0 Å². The lowest BCUT2D eigenvalue weighted by Crippen LogP contribution is -2.35. The molecule has 0 saturated heterocycles. The number of rotatable bonds is 7. The molecule has 0 spiro atoms. The molecule has 1 amide bonds. The molecule has 0 aliphatic heterocycles. The van der Waals surface area contributed by atoms with Gasteiger partial charge in [-0.25, -0.2) is 4.98 Å². The molecule has 0 N–H and O–H groups in total. The Hall–Kier alpha value is 0.550. The maximum absolute atomic E-state index is 12.5. The topological polar surface area (TPSA) is 33.2 Å². The second kappa shape index (κ2) is 9.30. The first-order valence-electron chi connectivity index (χ1n) is 7.04. The van der Waals surface area contributed by atoms with Crippen molar-refractivity contribution in [1.29, 1.82) is 0 Å². The van der Waals surface area contributed by atoms with Crippen LogP contribution >= 0.6 is 69.3 Å². The Kier molecular flexibility index (Phi) is 8.73. The summed E-state index contributed by atoms with van der Waals surface area (Å²) in [6.45, 7) is 3.67. The molecule has 1 aromatic heterocycles. The van der Waals surface area contributed by atoms with Crippen molar-refractivity contribution in [3.63, 3.8) is 0 Å². The summed E-state index contributed by atoms with van der Waals surface area (Å²) in [5.41, 5.74) is 0. The van der Waals surface area contributed by atoms with Crippen molar-refractivity contribution in [3.05, 3.63) is 16.6 Å². The average molecular weight is 441 g/mol. The maximum atomic E-state index is 12.5. The minimum Gasteiger partial charge on any atom is -0.336 e. The fourth-order valence-electron chi connectivity index (χ4n) is 1.97. The summed E-state index contributed by atoms with van der Waals surface area (Å²) in [7, 11) is 1.73. The zero-order chi connectivity index (χ0) is 17.8. The molecular weight excluding hydrogens is 421 g/mol. The Morgan fingerprint density at radius 2 is 1.96 bits per heavy atom. The average Bonchev–Trinajstić information content (AvgIpc) is 2.96. The molecule has 132 valence electrons. The first kappa shape index (κ1) is 21.6. The molecule has 0 fully saturated rings. The van der Waals surface area contributed by atoms with E-state index in [1.165, 1.54) is 11.3 Å². The Balaban J connectivity index is 2.90. The number of amides is 1. The van der Waals surface area contributed by atoms with E-state index in [2.05, 4.69) is 4.98 Å². The lowest BCUT2D eigenvalue weighted by atomic mass is 10.0. The van der Waals surface area contributed by atoms with Gasteiger partial charge in [0.15, 0.2) is 3.79 Å². The second-order valence-corrected chi connectivity index (χ2v) is 10.0. The van der Waals surface area contributed by atoms with E-state index in [1.807, 2.05) is 19.2 Å². The standard InChI is InChI=1S/C14H19Cl5N2OS/c1-8(12(15)16)6-11(22)21(3)10(13-20-4-5-23-13)7-9(2)14(17,18)19/h4-5,8-10,12H,6-7H2,1-3H3/t8-,9-,10-/m0/s1. The van der Waals surface area contributed by atoms with Crippen molar-refractivity contribution in [2.45, 2.75) is 41.4 Å².